The summed E-state index contributed by atoms with van der Waals surface area (Å²) in [6.45, 7) is 2.98. The first-order valence-electron chi connectivity index (χ1n) is 6.90. The fourth-order valence-corrected chi connectivity index (χ4v) is 2.80. The van der Waals surface area contributed by atoms with Gasteiger partial charge in [0, 0.05) is 17.5 Å². The van der Waals surface area contributed by atoms with Crippen LogP contribution in [0.2, 0.25) is 5.02 Å². The standard InChI is InChI=1S/C15H22ClNO/c1-2-3-4-5-14(17)10-12-9-13(16)8-11-6-7-18-15(11)12/h8-9,14H,2-7,10,17H2,1H3. The van der Waals surface area contributed by atoms with Crippen molar-refractivity contribution >= 4 is 11.6 Å². The average molecular weight is 268 g/mol. The van der Waals surface area contributed by atoms with Gasteiger partial charge in [0.25, 0.3) is 0 Å². The number of hydrogen-bond acceptors (Lipinski definition) is 2. The molecule has 0 radical (unpaired) electrons. The molecule has 1 aromatic rings. The Bertz CT molecular complexity index is 406. The van der Waals surface area contributed by atoms with Gasteiger partial charge in [0.15, 0.2) is 0 Å². The van der Waals surface area contributed by atoms with Crippen LogP contribution in [0, 0.1) is 0 Å². The summed E-state index contributed by atoms with van der Waals surface area (Å²) in [5, 5.41) is 0.801. The van der Waals surface area contributed by atoms with Crippen LogP contribution < -0.4 is 10.5 Å². The largest absolute Gasteiger partial charge is 0.493 e. The highest BCUT2D eigenvalue weighted by atomic mass is 35.5. The van der Waals surface area contributed by atoms with Crippen molar-refractivity contribution < 1.29 is 4.74 Å². The van der Waals surface area contributed by atoms with E-state index in [0.29, 0.717) is 0 Å². The van der Waals surface area contributed by atoms with Crippen molar-refractivity contribution in [1.82, 2.24) is 0 Å². The van der Waals surface area contributed by atoms with Crippen molar-refractivity contribution in [2.45, 2.75) is 51.5 Å². The third-order valence-corrected chi connectivity index (χ3v) is 3.70. The minimum atomic E-state index is 0.211. The smallest absolute Gasteiger partial charge is 0.125 e. The molecule has 18 heavy (non-hydrogen) atoms. The molecule has 100 valence electrons. The fourth-order valence-electron chi connectivity index (χ4n) is 2.54. The minimum absolute atomic E-state index is 0.211. The third kappa shape index (κ3) is 3.39. The number of rotatable bonds is 6. The molecule has 0 aliphatic carbocycles. The molecule has 0 bridgehead atoms. The number of fused-ring (bicyclic) bond motifs is 1. The summed E-state index contributed by atoms with van der Waals surface area (Å²) in [6.07, 6.45) is 6.62. The van der Waals surface area contributed by atoms with E-state index in [1.165, 1.54) is 30.4 Å². The molecule has 2 nitrogen and oxygen atoms in total. The zero-order valence-electron chi connectivity index (χ0n) is 11.0. The Balaban J connectivity index is 2.00. The minimum Gasteiger partial charge on any atom is -0.493 e. The number of nitrogens with two attached hydrogens (primary N) is 1. The Morgan fingerprint density at radius 1 is 1.39 bits per heavy atom. The molecule has 1 unspecified atom stereocenters. The fraction of sp³-hybridized carbons (Fsp3) is 0.600. The molecule has 0 amide bonds. The van der Waals surface area contributed by atoms with E-state index in [0.717, 1.165) is 36.6 Å². The van der Waals surface area contributed by atoms with Crippen LogP contribution in [0.15, 0.2) is 12.1 Å². The van der Waals surface area contributed by atoms with E-state index in [-0.39, 0.29) is 6.04 Å². The molecule has 0 saturated heterocycles. The summed E-state index contributed by atoms with van der Waals surface area (Å²) < 4.78 is 5.70. The van der Waals surface area contributed by atoms with Gasteiger partial charge in [-0.3, -0.25) is 0 Å². The van der Waals surface area contributed by atoms with Gasteiger partial charge in [-0.2, -0.15) is 0 Å². The van der Waals surface area contributed by atoms with Gasteiger partial charge in [0.1, 0.15) is 5.75 Å². The first-order chi connectivity index (χ1) is 8.70. The second kappa shape index (κ2) is 6.44. The maximum absolute atomic E-state index is 6.19. The Morgan fingerprint density at radius 2 is 2.22 bits per heavy atom. The van der Waals surface area contributed by atoms with Gasteiger partial charge in [-0.25, -0.2) is 0 Å². The molecule has 2 N–H and O–H groups in total. The van der Waals surface area contributed by atoms with E-state index in [9.17, 15) is 0 Å². The van der Waals surface area contributed by atoms with Crippen molar-refractivity contribution in [2.24, 2.45) is 5.73 Å². The van der Waals surface area contributed by atoms with Gasteiger partial charge < -0.3 is 10.5 Å². The first-order valence-corrected chi connectivity index (χ1v) is 7.28. The van der Waals surface area contributed by atoms with E-state index in [4.69, 9.17) is 22.1 Å². The topological polar surface area (TPSA) is 35.2 Å². The molecule has 1 aromatic carbocycles. The van der Waals surface area contributed by atoms with Gasteiger partial charge in [0.05, 0.1) is 6.61 Å². The summed E-state index contributed by atoms with van der Waals surface area (Å²) in [5.74, 6) is 1.03. The summed E-state index contributed by atoms with van der Waals surface area (Å²) in [7, 11) is 0. The number of unbranched alkanes of at least 4 members (excludes halogenated alkanes) is 2. The Hall–Kier alpha value is -0.730. The van der Waals surface area contributed by atoms with E-state index in [2.05, 4.69) is 6.92 Å². The molecular weight excluding hydrogens is 246 g/mol. The Morgan fingerprint density at radius 3 is 3.00 bits per heavy atom. The van der Waals surface area contributed by atoms with Crippen molar-refractivity contribution in [1.29, 1.82) is 0 Å². The lowest BCUT2D eigenvalue weighted by molar-refractivity contribution is 0.352. The number of ether oxygens (including phenoxy) is 1. The summed E-state index contributed by atoms with van der Waals surface area (Å²) in [6, 6.07) is 4.23. The summed E-state index contributed by atoms with van der Waals surface area (Å²) in [5.41, 5.74) is 8.61. The molecule has 1 aliphatic rings. The van der Waals surface area contributed by atoms with Gasteiger partial charge in [-0.15, -0.1) is 0 Å². The molecule has 1 heterocycles. The van der Waals surface area contributed by atoms with E-state index >= 15 is 0 Å². The van der Waals surface area contributed by atoms with Crippen molar-refractivity contribution in [3.63, 3.8) is 0 Å². The molecule has 1 aliphatic heterocycles. The van der Waals surface area contributed by atoms with Crippen LogP contribution in [0.5, 0.6) is 5.75 Å². The number of halogens is 1. The predicted molar refractivity (Wildman–Crippen MR) is 76.5 cm³/mol. The monoisotopic (exact) mass is 267 g/mol. The zero-order chi connectivity index (χ0) is 13.0. The number of benzene rings is 1. The third-order valence-electron chi connectivity index (χ3n) is 3.49. The highest BCUT2D eigenvalue weighted by Gasteiger charge is 2.18. The Labute approximate surface area is 114 Å². The highest BCUT2D eigenvalue weighted by Crippen LogP contribution is 2.33. The second-order valence-electron chi connectivity index (χ2n) is 5.11. The lowest BCUT2D eigenvalue weighted by Crippen LogP contribution is -2.22. The van der Waals surface area contributed by atoms with E-state index < -0.39 is 0 Å². The van der Waals surface area contributed by atoms with Gasteiger partial charge >= 0.3 is 0 Å². The molecule has 0 fully saturated rings. The molecule has 3 heteroatoms. The quantitative estimate of drug-likeness (QED) is 0.797. The van der Waals surface area contributed by atoms with Crippen molar-refractivity contribution in [2.75, 3.05) is 6.61 Å². The van der Waals surface area contributed by atoms with Crippen LogP contribution in [0.3, 0.4) is 0 Å². The van der Waals surface area contributed by atoms with E-state index in [1.807, 2.05) is 12.1 Å². The van der Waals surface area contributed by atoms with Crippen LogP contribution in [0.1, 0.15) is 43.7 Å². The highest BCUT2D eigenvalue weighted by molar-refractivity contribution is 6.30. The molecular formula is C15H22ClNO. The van der Waals surface area contributed by atoms with Crippen LogP contribution in [-0.4, -0.2) is 12.6 Å². The second-order valence-corrected chi connectivity index (χ2v) is 5.55. The molecule has 2 rings (SSSR count). The Kier molecular flexibility index (Phi) is 4.90. The van der Waals surface area contributed by atoms with Crippen LogP contribution in [-0.2, 0) is 12.8 Å². The summed E-state index contributed by atoms with van der Waals surface area (Å²) in [4.78, 5) is 0. The van der Waals surface area contributed by atoms with Gasteiger partial charge in [-0.1, -0.05) is 37.8 Å². The van der Waals surface area contributed by atoms with Crippen LogP contribution in [0.4, 0.5) is 0 Å². The lowest BCUT2D eigenvalue weighted by atomic mass is 9.98. The average Bonchev–Trinajstić information content (AvgIpc) is 2.77. The maximum atomic E-state index is 6.19. The lowest BCUT2D eigenvalue weighted by Gasteiger charge is -2.14. The van der Waals surface area contributed by atoms with Gasteiger partial charge in [-0.05, 0) is 36.1 Å². The molecule has 1 atom stereocenters. The van der Waals surface area contributed by atoms with Crippen molar-refractivity contribution in [3.8, 4) is 5.75 Å². The number of hydrogen-bond donors (Lipinski definition) is 1. The predicted octanol–water partition coefficient (Wildman–Crippen LogP) is 3.73. The molecule has 0 spiro atoms. The zero-order valence-corrected chi connectivity index (χ0v) is 11.8. The van der Waals surface area contributed by atoms with Crippen molar-refractivity contribution in [3.05, 3.63) is 28.3 Å². The van der Waals surface area contributed by atoms with Crippen LogP contribution >= 0.6 is 11.6 Å². The molecule has 0 saturated carbocycles. The summed E-state index contributed by atoms with van der Waals surface area (Å²) >= 11 is 6.14. The SMILES string of the molecule is CCCCCC(N)Cc1cc(Cl)cc2c1OCC2. The first kappa shape index (κ1) is 13.7. The van der Waals surface area contributed by atoms with Gasteiger partial charge in [0.2, 0.25) is 0 Å². The normalized spacial score (nSPS) is 15.3. The maximum Gasteiger partial charge on any atom is 0.125 e. The van der Waals surface area contributed by atoms with Crippen LogP contribution in [0.25, 0.3) is 0 Å². The van der Waals surface area contributed by atoms with E-state index in [1.54, 1.807) is 0 Å². The molecule has 0 aromatic heterocycles.